The molecule has 2 heterocycles. The van der Waals surface area contributed by atoms with Crippen LogP contribution in [0.5, 0.6) is 0 Å². The zero-order chi connectivity index (χ0) is 19.5. The van der Waals surface area contributed by atoms with E-state index in [4.69, 9.17) is 0 Å². The third-order valence-electron chi connectivity index (χ3n) is 4.89. The lowest BCUT2D eigenvalue weighted by Gasteiger charge is -2.05. The van der Waals surface area contributed by atoms with Crippen molar-refractivity contribution in [3.8, 4) is 0 Å². The molecule has 1 N–H and O–H groups in total. The number of aromatic nitrogens is 2. The second-order valence-corrected chi connectivity index (χ2v) is 6.98. The van der Waals surface area contributed by atoms with E-state index in [1.54, 1.807) is 12.4 Å². The van der Waals surface area contributed by atoms with Gasteiger partial charge in [-0.1, -0.05) is 24.3 Å². The zero-order valence-corrected chi connectivity index (χ0v) is 16.0. The fourth-order valence-electron chi connectivity index (χ4n) is 3.55. The van der Waals surface area contributed by atoms with Crippen molar-refractivity contribution in [3.05, 3.63) is 77.6 Å². The standard InChI is InChI=1S/C23H22N4O/c1-16-12-18(13-19-6-5-10-24-23(16)19)14-25-26-22(28)9-11-27-15-17(2)20-7-3-4-8-21(20)27/h3-8,10,12-15H,9,11H2,1-2H3,(H,26,28)/b25-14-. The maximum atomic E-state index is 12.2. The molecule has 5 nitrogen and oxygen atoms in total. The summed E-state index contributed by atoms with van der Waals surface area (Å²) in [5.41, 5.74) is 8.00. The molecule has 28 heavy (non-hydrogen) atoms. The first kappa shape index (κ1) is 17.9. The molecule has 0 atom stereocenters. The number of para-hydroxylation sites is 1. The van der Waals surface area contributed by atoms with Gasteiger partial charge in [0.05, 0.1) is 11.7 Å². The van der Waals surface area contributed by atoms with Gasteiger partial charge in [0.25, 0.3) is 0 Å². The summed E-state index contributed by atoms with van der Waals surface area (Å²) in [6.45, 7) is 4.73. The average molecular weight is 370 g/mol. The molecule has 5 heteroatoms. The third kappa shape index (κ3) is 3.64. The molecule has 0 spiro atoms. The molecule has 0 saturated heterocycles. The summed E-state index contributed by atoms with van der Waals surface area (Å²) in [6.07, 6.45) is 5.93. The fourth-order valence-corrected chi connectivity index (χ4v) is 3.55. The number of rotatable bonds is 5. The molecule has 2 aromatic carbocycles. The molecule has 0 unspecified atom stereocenters. The lowest BCUT2D eigenvalue weighted by atomic mass is 10.1. The van der Waals surface area contributed by atoms with Crippen LogP contribution in [-0.2, 0) is 11.3 Å². The van der Waals surface area contributed by atoms with Crippen LogP contribution < -0.4 is 5.43 Å². The van der Waals surface area contributed by atoms with Gasteiger partial charge in [-0.05, 0) is 54.8 Å². The Morgan fingerprint density at radius 2 is 2.00 bits per heavy atom. The Labute approximate surface area is 163 Å². The Hall–Kier alpha value is -3.47. The molecule has 0 aliphatic carbocycles. The Kier molecular flexibility index (Phi) is 4.89. The summed E-state index contributed by atoms with van der Waals surface area (Å²) in [4.78, 5) is 16.6. The van der Waals surface area contributed by atoms with Crippen molar-refractivity contribution in [1.29, 1.82) is 0 Å². The minimum absolute atomic E-state index is 0.106. The number of hydrazone groups is 1. The maximum absolute atomic E-state index is 12.2. The van der Waals surface area contributed by atoms with E-state index in [1.807, 2.05) is 43.3 Å². The smallest absolute Gasteiger partial charge is 0.241 e. The second kappa shape index (κ2) is 7.64. The van der Waals surface area contributed by atoms with Gasteiger partial charge in [-0.25, -0.2) is 5.43 Å². The van der Waals surface area contributed by atoms with Gasteiger partial charge in [0, 0.05) is 41.6 Å². The summed E-state index contributed by atoms with van der Waals surface area (Å²) in [5.74, 6) is -0.106. The number of carbonyl (C=O) groups excluding carboxylic acids is 1. The fraction of sp³-hybridized carbons (Fsp3) is 0.174. The van der Waals surface area contributed by atoms with Crippen LogP contribution in [-0.4, -0.2) is 21.7 Å². The molecule has 1 amide bonds. The largest absolute Gasteiger partial charge is 0.347 e. The van der Waals surface area contributed by atoms with E-state index < -0.39 is 0 Å². The van der Waals surface area contributed by atoms with Gasteiger partial charge >= 0.3 is 0 Å². The Balaban J connectivity index is 1.39. The molecule has 2 aromatic heterocycles. The first-order chi connectivity index (χ1) is 13.6. The number of pyridine rings is 1. The topological polar surface area (TPSA) is 59.3 Å². The predicted molar refractivity (Wildman–Crippen MR) is 114 cm³/mol. The van der Waals surface area contributed by atoms with E-state index in [0.717, 1.165) is 27.5 Å². The SMILES string of the molecule is Cc1cn(CCC(=O)N/N=C\c2cc(C)c3ncccc3c2)c2ccccc12. The first-order valence-electron chi connectivity index (χ1n) is 9.33. The van der Waals surface area contributed by atoms with Crippen molar-refractivity contribution >= 4 is 33.9 Å². The van der Waals surface area contributed by atoms with E-state index in [9.17, 15) is 4.79 Å². The summed E-state index contributed by atoms with van der Waals surface area (Å²) in [5, 5.41) is 6.40. The predicted octanol–water partition coefficient (Wildman–Crippen LogP) is 4.35. The van der Waals surface area contributed by atoms with Gasteiger partial charge < -0.3 is 4.57 Å². The molecule has 0 bridgehead atoms. The van der Waals surface area contributed by atoms with Crippen LogP contribution in [0.1, 0.15) is 23.1 Å². The number of amides is 1. The minimum atomic E-state index is -0.106. The van der Waals surface area contributed by atoms with Crippen LogP contribution in [0, 0.1) is 13.8 Å². The van der Waals surface area contributed by atoms with E-state index in [2.05, 4.69) is 45.3 Å². The summed E-state index contributed by atoms with van der Waals surface area (Å²) >= 11 is 0. The van der Waals surface area contributed by atoms with Crippen molar-refractivity contribution in [2.24, 2.45) is 5.10 Å². The van der Waals surface area contributed by atoms with Crippen LogP contribution in [0.25, 0.3) is 21.8 Å². The minimum Gasteiger partial charge on any atom is -0.347 e. The van der Waals surface area contributed by atoms with Gasteiger partial charge in [-0.15, -0.1) is 0 Å². The van der Waals surface area contributed by atoms with Gasteiger partial charge in [-0.2, -0.15) is 5.10 Å². The summed E-state index contributed by atoms with van der Waals surface area (Å²) < 4.78 is 2.12. The molecular formula is C23H22N4O. The number of benzene rings is 2. The van der Waals surface area contributed by atoms with Gasteiger partial charge in [0.1, 0.15) is 0 Å². The quantitative estimate of drug-likeness (QED) is 0.419. The van der Waals surface area contributed by atoms with Crippen LogP contribution >= 0.6 is 0 Å². The highest BCUT2D eigenvalue weighted by Crippen LogP contribution is 2.20. The van der Waals surface area contributed by atoms with E-state index in [-0.39, 0.29) is 5.91 Å². The molecule has 4 aromatic rings. The van der Waals surface area contributed by atoms with Gasteiger partial charge in [0.15, 0.2) is 0 Å². The van der Waals surface area contributed by atoms with Gasteiger partial charge in [0.2, 0.25) is 5.91 Å². The Bertz CT molecular complexity index is 1190. The molecular weight excluding hydrogens is 348 g/mol. The number of nitrogens with zero attached hydrogens (tertiary/aromatic N) is 3. The van der Waals surface area contributed by atoms with Crippen LogP contribution in [0.3, 0.4) is 0 Å². The molecule has 0 aliphatic heterocycles. The number of fused-ring (bicyclic) bond motifs is 2. The Morgan fingerprint density at radius 1 is 1.14 bits per heavy atom. The molecule has 0 fully saturated rings. The van der Waals surface area contributed by atoms with E-state index in [0.29, 0.717) is 13.0 Å². The van der Waals surface area contributed by atoms with Crippen LogP contribution in [0.4, 0.5) is 0 Å². The number of hydrogen-bond acceptors (Lipinski definition) is 3. The number of aryl methyl sites for hydroxylation is 3. The number of carbonyl (C=O) groups is 1. The highest BCUT2D eigenvalue weighted by Gasteiger charge is 2.07. The molecule has 4 rings (SSSR count). The number of hydrogen-bond donors (Lipinski definition) is 1. The molecule has 140 valence electrons. The maximum Gasteiger partial charge on any atom is 0.241 e. The highest BCUT2D eigenvalue weighted by atomic mass is 16.2. The molecule has 0 radical (unpaired) electrons. The first-order valence-corrected chi connectivity index (χ1v) is 9.33. The van der Waals surface area contributed by atoms with Crippen molar-refractivity contribution in [2.45, 2.75) is 26.8 Å². The van der Waals surface area contributed by atoms with Crippen molar-refractivity contribution in [1.82, 2.24) is 15.0 Å². The lowest BCUT2D eigenvalue weighted by molar-refractivity contribution is -0.121. The van der Waals surface area contributed by atoms with E-state index >= 15 is 0 Å². The zero-order valence-electron chi connectivity index (χ0n) is 16.0. The average Bonchev–Trinajstić information content (AvgIpc) is 3.03. The summed E-state index contributed by atoms with van der Waals surface area (Å²) in [6, 6.07) is 16.2. The van der Waals surface area contributed by atoms with E-state index in [1.165, 1.54) is 10.9 Å². The van der Waals surface area contributed by atoms with Crippen LogP contribution in [0.15, 0.2) is 66.0 Å². The summed E-state index contributed by atoms with van der Waals surface area (Å²) in [7, 11) is 0. The Morgan fingerprint density at radius 3 is 2.89 bits per heavy atom. The monoisotopic (exact) mass is 370 g/mol. The normalized spacial score (nSPS) is 11.5. The highest BCUT2D eigenvalue weighted by molar-refractivity contribution is 5.91. The lowest BCUT2D eigenvalue weighted by Crippen LogP contribution is -2.19. The number of nitrogens with one attached hydrogen (secondary N) is 1. The van der Waals surface area contributed by atoms with Gasteiger partial charge in [-0.3, -0.25) is 9.78 Å². The van der Waals surface area contributed by atoms with Crippen molar-refractivity contribution < 1.29 is 4.79 Å². The van der Waals surface area contributed by atoms with Crippen molar-refractivity contribution in [3.63, 3.8) is 0 Å². The molecule has 0 aliphatic rings. The van der Waals surface area contributed by atoms with Crippen molar-refractivity contribution in [2.75, 3.05) is 0 Å². The third-order valence-corrected chi connectivity index (χ3v) is 4.89. The molecule has 0 saturated carbocycles. The van der Waals surface area contributed by atoms with Crippen LogP contribution in [0.2, 0.25) is 0 Å². The second-order valence-electron chi connectivity index (χ2n) is 6.98.